The van der Waals surface area contributed by atoms with Crippen LogP contribution in [0.25, 0.3) is 0 Å². The Bertz CT molecular complexity index is 639. The van der Waals surface area contributed by atoms with E-state index in [0.29, 0.717) is 13.1 Å². The van der Waals surface area contributed by atoms with Gasteiger partial charge in [0.2, 0.25) is 0 Å². The molecule has 1 atom stereocenters. The van der Waals surface area contributed by atoms with Gasteiger partial charge in [-0.15, -0.1) is 0 Å². The first-order valence-electron chi connectivity index (χ1n) is 6.99. The van der Waals surface area contributed by atoms with Crippen LogP contribution in [-0.2, 0) is 21.2 Å². The summed E-state index contributed by atoms with van der Waals surface area (Å²) in [6.45, 7) is 5.04. The third-order valence-electron chi connectivity index (χ3n) is 3.93. The Morgan fingerprint density at radius 2 is 2.10 bits per heavy atom. The Hall–Kier alpha value is -1.40. The van der Waals surface area contributed by atoms with Gasteiger partial charge in [-0.25, -0.2) is 8.42 Å². The molecule has 0 spiro atoms. The lowest BCUT2D eigenvalue weighted by Crippen LogP contribution is -2.48. The molecule has 0 radical (unpaired) electrons. The number of nitrogens with zero attached hydrogens (tertiary/aromatic N) is 1. The molecule has 0 saturated carbocycles. The van der Waals surface area contributed by atoms with Gasteiger partial charge >= 0.3 is 5.97 Å². The molecule has 2 rings (SSSR count). The van der Waals surface area contributed by atoms with E-state index < -0.39 is 21.8 Å². The van der Waals surface area contributed by atoms with Crippen molar-refractivity contribution in [3.05, 3.63) is 34.9 Å². The van der Waals surface area contributed by atoms with Crippen molar-refractivity contribution in [2.45, 2.75) is 32.9 Å². The highest BCUT2D eigenvalue weighted by atomic mass is 32.2. The van der Waals surface area contributed by atoms with Crippen LogP contribution in [0.5, 0.6) is 0 Å². The van der Waals surface area contributed by atoms with Crippen LogP contribution in [0, 0.1) is 13.8 Å². The molecule has 1 aromatic carbocycles. The van der Waals surface area contributed by atoms with Gasteiger partial charge in [0.1, 0.15) is 0 Å². The van der Waals surface area contributed by atoms with Gasteiger partial charge in [0.15, 0.2) is 9.84 Å². The number of carbonyl (C=O) groups is 1. The zero-order valence-corrected chi connectivity index (χ0v) is 13.2. The second kappa shape index (κ2) is 6.15. The third kappa shape index (κ3) is 4.28. The Kier molecular flexibility index (Phi) is 4.68. The van der Waals surface area contributed by atoms with Gasteiger partial charge in [-0.2, -0.15) is 0 Å². The highest BCUT2D eigenvalue weighted by molar-refractivity contribution is 7.91. The van der Waals surface area contributed by atoms with E-state index in [1.165, 1.54) is 5.56 Å². The maximum absolute atomic E-state index is 11.7. The van der Waals surface area contributed by atoms with Crippen LogP contribution in [0.1, 0.15) is 23.1 Å². The first kappa shape index (κ1) is 16.0. The Morgan fingerprint density at radius 1 is 1.38 bits per heavy atom. The van der Waals surface area contributed by atoms with E-state index in [4.69, 9.17) is 5.11 Å². The van der Waals surface area contributed by atoms with Gasteiger partial charge in [-0.05, 0) is 25.0 Å². The molecule has 0 amide bonds. The molecule has 1 N–H and O–H groups in total. The van der Waals surface area contributed by atoms with Gasteiger partial charge in [0.05, 0.1) is 17.9 Å². The molecular formula is C15H21NO4S. The summed E-state index contributed by atoms with van der Waals surface area (Å²) in [6.07, 6.45) is -0.135. The number of carboxylic acids is 1. The minimum atomic E-state index is -3.12. The fraction of sp³-hybridized carbons (Fsp3) is 0.533. The summed E-state index contributed by atoms with van der Waals surface area (Å²) in [6, 6.07) is 5.70. The Labute approximate surface area is 125 Å². The molecule has 1 unspecified atom stereocenters. The minimum absolute atomic E-state index is 0.0653. The first-order valence-corrected chi connectivity index (χ1v) is 8.81. The molecule has 0 aromatic heterocycles. The fourth-order valence-corrected chi connectivity index (χ4v) is 4.35. The van der Waals surface area contributed by atoms with Crippen molar-refractivity contribution in [1.29, 1.82) is 0 Å². The molecule has 0 aliphatic carbocycles. The summed E-state index contributed by atoms with van der Waals surface area (Å²) in [5, 5.41) is 8.99. The highest BCUT2D eigenvalue weighted by Crippen LogP contribution is 2.20. The van der Waals surface area contributed by atoms with Crippen molar-refractivity contribution in [1.82, 2.24) is 4.90 Å². The molecule has 1 fully saturated rings. The summed E-state index contributed by atoms with van der Waals surface area (Å²) < 4.78 is 23.5. The predicted octanol–water partition coefficient (Wildman–Crippen LogP) is 1.38. The molecule has 1 saturated heterocycles. The number of aliphatic carboxylic acids is 1. The van der Waals surface area contributed by atoms with Crippen molar-refractivity contribution >= 4 is 15.8 Å². The lowest BCUT2D eigenvalue weighted by molar-refractivity contribution is -0.138. The molecule has 1 aliphatic heterocycles. The van der Waals surface area contributed by atoms with Gasteiger partial charge < -0.3 is 5.11 Å². The average molecular weight is 311 g/mol. The van der Waals surface area contributed by atoms with Crippen molar-refractivity contribution < 1.29 is 18.3 Å². The monoisotopic (exact) mass is 311 g/mol. The van der Waals surface area contributed by atoms with Crippen LogP contribution in [0.4, 0.5) is 0 Å². The lowest BCUT2D eigenvalue weighted by atomic mass is 10.0. The van der Waals surface area contributed by atoms with Crippen molar-refractivity contribution in [2.75, 3.05) is 18.1 Å². The SMILES string of the molecule is Cc1ccc(CN2CCS(=O)(=O)CC2CC(=O)O)c(C)c1. The van der Waals surface area contributed by atoms with Gasteiger partial charge in [-0.1, -0.05) is 23.8 Å². The van der Waals surface area contributed by atoms with Gasteiger partial charge in [0.25, 0.3) is 0 Å². The quantitative estimate of drug-likeness (QED) is 0.909. The lowest BCUT2D eigenvalue weighted by Gasteiger charge is -2.35. The largest absolute Gasteiger partial charge is 0.481 e. The van der Waals surface area contributed by atoms with Crippen molar-refractivity contribution in [3.63, 3.8) is 0 Å². The van der Waals surface area contributed by atoms with Crippen LogP contribution >= 0.6 is 0 Å². The molecule has 5 nitrogen and oxygen atoms in total. The molecule has 116 valence electrons. The molecule has 6 heteroatoms. The van der Waals surface area contributed by atoms with E-state index >= 15 is 0 Å². The normalized spacial score (nSPS) is 22.1. The zero-order valence-electron chi connectivity index (χ0n) is 12.4. The van der Waals surface area contributed by atoms with E-state index in [0.717, 1.165) is 11.1 Å². The third-order valence-corrected chi connectivity index (χ3v) is 5.63. The number of carboxylic acid groups (broad SMARTS) is 1. The van der Waals surface area contributed by atoms with Crippen molar-refractivity contribution in [2.24, 2.45) is 0 Å². The zero-order chi connectivity index (χ0) is 15.6. The second-order valence-electron chi connectivity index (χ2n) is 5.77. The summed E-state index contributed by atoms with van der Waals surface area (Å²) >= 11 is 0. The maximum atomic E-state index is 11.7. The summed E-state index contributed by atoms with van der Waals surface area (Å²) in [5.41, 5.74) is 3.45. The number of aryl methyl sites for hydroxylation is 2. The first-order chi connectivity index (χ1) is 9.77. The number of hydrogen-bond acceptors (Lipinski definition) is 4. The van der Waals surface area contributed by atoms with E-state index in [1.54, 1.807) is 0 Å². The summed E-state index contributed by atoms with van der Waals surface area (Å²) in [7, 11) is -3.12. The van der Waals surface area contributed by atoms with Gasteiger partial charge in [-0.3, -0.25) is 9.69 Å². The summed E-state index contributed by atoms with van der Waals surface area (Å²) in [4.78, 5) is 12.9. The Balaban J connectivity index is 2.18. The van der Waals surface area contributed by atoms with Crippen LogP contribution < -0.4 is 0 Å². The molecule has 0 bridgehead atoms. The molecule has 1 aromatic rings. The van der Waals surface area contributed by atoms with Crippen LogP contribution in [0.3, 0.4) is 0 Å². The maximum Gasteiger partial charge on any atom is 0.304 e. The number of rotatable bonds is 4. The molecular weight excluding hydrogens is 290 g/mol. The fourth-order valence-electron chi connectivity index (χ4n) is 2.76. The van der Waals surface area contributed by atoms with E-state index in [-0.39, 0.29) is 17.9 Å². The number of sulfone groups is 1. The number of hydrogen-bond donors (Lipinski definition) is 1. The van der Waals surface area contributed by atoms with E-state index in [2.05, 4.69) is 6.07 Å². The van der Waals surface area contributed by atoms with E-state index in [9.17, 15) is 13.2 Å². The van der Waals surface area contributed by atoms with Gasteiger partial charge in [0, 0.05) is 19.1 Å². The van der Waals surface area contributed by atoms with Crippen LogP contribution in [0.2, 0.25) is 0 Å². The predicted molar refractivity (Wildman–Crippen MR) is 81.0 cm³/mol. The van der Waals surface area contributed by atoms with Crippen LogP contribution in [-0.4, -0.2) is 48.5 Å². The topological polar surface area (TPSA) is 74.7 Å². The highest BCUT2D eigenvalue weighted by Gasteiger charge is 2.32. The van der Waals surface area contributed by atoms with Crippen LogP contribution in [0.15, 0.2) is 18.2 Å². The molecule has 1 aliphatic rings. The minimum Gasteiger partial charge on any atom is -0.481 e. The number of benzene rings is 1. The second-order valence-corrected chi connectivity index (χ2v) is 8.00. The average Bonchev–Trinajstić information content (AvgIpc) is 2.34. The summed E-state index contributed by atoms with van der Waals surface area (Å²) in [5.74, 6) is -0.916. The molecule has 21 heavy (non-hydrogen) atoms. The molecule has 1 heterocycles. The standard InChI is InChI=1S/C15H21NO4S/c1-11-3-4-13(12(2)7-11)9-16-5-6-21(19,20)10-14(16)8-15(17)18/h3-4,7,14H,5-6,8-10H2,1-2H3,(H,17,18). The smallest absolute Gasteiger partial charge is 0.304 e. The Morgan fingerprint density at radius 3 is 2.71 bits per heavy atom. The van der Waals surface area contributed by atoms with Crippen molar-refractivity contribution in [3.8, 4) is 0 Å². The van der Waals surface area contributed by atoms with E-state index in [1.807, 2.05) is 30.9 Å².